The number of para-hydroxylation sites is 2. The molecule has 4 heteroatoms. The molecule has 0 radical (unpaired) electrons. The first-order valence-electron chi connectivity index (χ1n) is 18.7. The molecule has 0 amide bonds. The molecule has 0 unspecified atom stereocenters. The number of nitrogen functional groups attached to an aromatic ring is 1. The first kappa shape index (κ1) is 29.5. The molecule has 0 fully saturated rings. The zero-order valence-electron chi connectivity index (χ0n) is 29.4. The highest BCUT2D eigenvalue weighted by molar-refractivity contribution is 6.90. The molecule has 2 aliphatic heterocycles. The summed E-state index contributed by atoms with van der Waals surface area (Å²) in [7, 11) is 0. The molecule has 0 spiro atoms. The van der Waals surface area contributed by atoms with E-state index in [0.29, 0.717) is 0 Å². The van der Waals surface area contributed by atoms with E-state index in [1.54, 1.807) is 0 Å². The Morgan fingerprint density at radius 3 is 1.78 bits per heavy atom. The maximum atomic E-state index is 6.97. The van der Waals surface area contributed by atoms with Crippen LogP contribution in [0, 0.1) is 0 Å². The number of aromatic nitrogens is 1. The summed E-state index contributed by atoms with van der Waals surface area (Å²) in [4.78, 5) is 2.49. The summed E-state index contributed by atoms with van der Waals surface area (Å²) in [5.41, 5.74) is 23.3. The molecule has 10 aromatic rings. The van der Waals surface area contributed by atoms with Crippen molar-refractivity contribution in [3.63, 3.8) is 0 Å². The number of nitrogens with two attached hydrogens (primary N) is 1. The fraction of sp³-hybridized carbons (Fsp3) is 0. The van der Waals surface area contributed by atoms with Crippen molar-refractivity contribution in [3.05, 3.63) is 182 Å². The number of fused-ring (bicyclic) bond motifs is 9. The van der Waals surface area contributed by atoms with Gasteiger partial charge in [-0.15, -0.1) is 0 Å². The average molecular weight is 686 g/mol. The van der Waals surface area contributed by atoms with E-state index in [9.17, 15) is 0 Å². The van der Waals surface area contributed by atoms with Gasteiger partial charge in [0.25, 0.3) is 0 Å². The number of rotatable bonds is 3. The summed E-state index contributed by atoms with van der Waals surface area (Å²) < 4.78 is 2.61. The third-order valence-corrected chi connectivity index (χ3v) is 11.7. The Morgan fingerprint density at radius 2 is 1.06 bits per heavy atom. The number of hydrogen-bond acceptors (Lipinski definition) is 2. The van der Waals surface area contributed by atoms with Gasteiger partial charge in [-0.2, -0.15) is 0 Å². The van der Waals surface area contributed by atoms with Crippen molar-refractivity contribution in [2.24, 2.45) is 0 Å². The average Bonchev–Trinajstić information content (AvgIpc) is 3.56. The first-order chi connectivity index (χ1) is 26.7. The lowest BCUT2D eigenvalue weighted by atomic mass is 9.45. The maximum Gasteiger partial charge on any atom is 0.333 e. The monoisotopic (exact) mass is 685 g/mol. The second-order valence-electron chi connectivity index (χ2n) is 14.8. The molecule has 0 saturated carbocycles. The number of benzene rings is 9. The van der Waals surface area contributed by atoms with Crippen LogP contribution in [0.5, 0.6) is 0 Å². The van der Waals surface area contributed by atoms with Gasteiger partial charge in [0.2, 0.25) is 0 Å². The van der Waals surface area contributed by atoms with E-state index in [1.807, 2.05) is 0 Å². The Morgan fingerprint density at radius 1 is 0.426 bits per heavy atom. The van der Waals surface area contributed by atoms with Crippen LogP contribution in [-0.2, 0) is 0 Å². The molecule has 9 aromatic carbocycles. The van der Waals surface area contributed by atoms with Gasteiger partial charge in [-0.3, -0.25) is 0 Å². The quantitative estimate of drug-likeness (QED) is 0.114. The van der Waals surface area contributed by atoms with Gasteiger partial charge in [-0.1, -0.05) is 127 Å². The van der Waals surface area contributed by atoms with Gasteiger partial charge in [0, 0.05) is 50.1 Å². The molecule has 12 rings (SSSR count). The molecule has 0 bridgehead atoms. The van der Waals surface area contributed by atoms with Gasteiger partial charge in [-0.05, 0) is 115 Å². The van der Waals surface area contributed by atoms with Gasteiger partial charge in [0.15, 0.2) is 0 Å². The second-order valence-corrected chi connectivity index (χ2v) is 14.8. The summed E-state index contributed by atoms with van der Waals surface area (Å²) in [6.45, 7) is -0.0547. The predicted molar refractivity (Wildman–Crippen MR) is 230 cm³/mol. The van der Waals surface area contributed by atoms with Crippen molar-refractivity contribution < 1.29 is 0 Å². The van der Waals surface area contributed by atoms with Crippen LogP contribution in [0.15, 0.2) is 182 Å². The largest absolute Gasteiger partial charge is 0.399 e. The van der Waals surface area contributed by atoms with Crippen molar-refractivity contribution in [2.45, 2.75) is 0 Å². The van der Waals surface area contributed by atoms with Crippen LogP contribution in [0.3, 0.4) is 0 Å². The van der Waals surface area contributed by atoms with Crippen LogP contribution in [-0.4, -0.2) is 11.3 Å². The van der Waals surface area contributed by atoms with E-state index in [2.05, 4.69) is 191 Å². The summed E-state index contributed by atoms with van der Waals surface area (Å²) >= 11 is 0. The predicted octanol–water partition coefficient (Wildman–Crippen LogP) is 11.4. The molecule has 1 aromatic heterocycles. The Kier molecular flexibility index (Phi) is 6.01. The maximum absolute atomic E-state index is 6.97. The molecule has 2 aliphatic rings. The summed E-state index contributed by atoms with van der Waals surface area (Å²) in [6, 6.07) is 66.8. The van der Waals surface area contributed by atoms with Gasteiger partial charge >= 0.3 is 6.85 Å². The SMILES string of the molecule is Nc1cc2c3c(c1)N(c1cc(-c4ccccc4)cc(-c4ccccc4)c1)c1cc4cc5ccccc5cc4cc1B3n1c3ccccc3c3cccc-2c31. The zero-order chi connectivity index (χ0) is 35.5. The van der Waals surface area contributed by atoms with Crippen molar-refractivity contribution >= 4 is 83.9 Å². The van der Waals surface area contributed by atoms with Gasteiger partial charge < -0.3 is 15.1 Å². The van der Waals surface area contributed by atoms with E-state index in [1.165, 1.54) is 93.3 Å². The highest BCUT2D eigenvalue weighted by Crippen LogP contribution is 2.47. The number of anilines is 4. The Hall–Kier alpha value is -7.04. The molecular formula is C50H32BN3. The van der Waals surface area contributed by atoms with Crippen molar-refractivity contribution in [2.75, 3.05) is 10.6 Å². The lowest BCUT2D eigenvalue weighted by molar-refractivity contribution is 1.26. The number of nitrogens with zero attached hydrogens (tertiary/aromatic N) is 2. The highest BCUT2D eigenvalue weighted by atomic mass is 15.2. The fourth-order valence-electron chi connectivity index (χ4n) is 9.47. The van der Waals surface area contributed by atoms with Gasteiger partial charge in [-0.25, -0.2) is 0 Å². The first-order valence-corrected chi connectivity index (χ1v) is 18.7. The minimum atomic E-state index is -0.0547. The van der Waals surface area contributed by atoms with Crippen molar-refractivity contribution in [1.29, 1.82) is 0 Å². The molecule has 3 nitrogen and oxygen atoms in total. The smallest absolute Gasteiger partial charge is 0.333 e. The highest BCUT2D eigenvalue weighted by Gasteiger charge is 2.43. The summed E-state index contributed by atoms with van der Waals surface area (Å²) in [6.07, 6.45) is 0. The van der Waals surface area contributed by atoms with Crippen LogP contribution in [0.2, 0.25) is 0 Å². The molecular weight excluding hydrogens is 653 g/mol. The van der Waals surface area contributed by atoms with Crippen LogP contribution < -0.4 is 21.6 Å². The normalized spacial score (nSPS) is 12.8. The Bertz CT molecular complexity index is 3120. The minimum absolute atomic E-state index is 0.0547. The molecule has 250 valence electrons. The van der Waals surface area contributed by atoms with Crippen LogP contribution in [0.4, 0.5) is 22.7 Å². The van der Waals surface area contributed by atoms with E-state index < -0.39 is 0 Å². The fourth-order valence-corrected chi connectivity index (χ4v) is 9.47. The summed E-state index contributed by atoms with van der Waals surface area (Å²) in [5, 5.41) is 7.49. The number of hydrogen-bond donors (Lipinski definition) is 1. The lowest BCUT2D eigenvalue weighted by Crippen LogP contribution is -2.56. The molecule has 0 aliphatic carbocycles. The van der Waals surface area contributed by atoms with Crippen LogP contribution >= 0.6 is 0 Å². The Balaban J connectivity index is 1.23. The molecule has 0 saturated heterocycles. The molecule has 0 atom stereocenters. The summed E-state index contributed by atoms with van der Waals surface area (Å²) in [5.74, 6) is 0. The van der Waals surface area contributed by atoms with Crippen molar-refractivity contribution in [1.82, 2.24) is 4.48 Å². The lowest BCUT2D eigenvalue weighted by Gasteiger charge is -2.41. The topological polar surface area (TPSA) is 34.2 Å². The molecule has 54 heavy (non-hydrogen) atoms. The van der Waals surface area contributed by atoms with Crippen LogP contribution in [0.25, 0.3) is 76.7 Å². The second kappa shape index (κ2) is 11.0. The van der Waals surface area contributed by atoms with E-state index in [0.717, 1.165) is 17.1 Å². The Labute approximate surface area is 313 Å². The van der Waals surface area contributed by atoms with E-state index in [-0.39, 0.29) is 6.85 Å². The van der Waals surface area contributed by atoms with Crippen LogP contribution in [0.1, 0.15) is 0 Å². The molecule has 3 heterocycles. The van der Waals surface area contributed by atoms with Crippen molar-refractivity contribution in [3.8, 4) is 33.4 Å². The minimum Gasteiger partial charge on any atom is -0.399 e. The van der Waals surface area contributed by atoms with E-state index >= 15 is 0 Å². The van der Waals surface area contributed by atoms with Gasteiger partial charge in [0.05, 0.1) is 0 Å². The molecule has 2 N–H and O–H groups in total. The van der Waals surface area contributed by atoms with Gasteiger partial charge in [0.1, 0.15) is 0 Å². The standard InChI is InChI=1S/C50H32BN3/c52-39-29-44-43-20-11-19-42-41-18-9-10-21-46(41)54(50(42)43)51-45-27-37-22-33-16-7-8-17-34(33)23-38(37)28-47(45)53(48(30-39)49(44)51)40-25-35(31-12-3-1-4-13-31)24-36(26-40)32-14-5-2-6-15-32/h1-30H,52H2. The van der Waals surface area contributed by atoms with E-state index in [4.69, 9.17) is 5.73 Å². The third-order valence-electron chi connectivity index (χ3n) is 11.7. The zero-order valence-corrected chi connectivity index (χ0v) is 29.4. The third kappa shape index (κ3) is 4.14.